The molecule has 11 heteroatoms. The topological polar surface area (TPSA) is 98.5 Å². The molecular formula is C20H14F2N2O5S2. The summed E-state index contributed by atoms with van der Waals surface area (Å²) >= 11 is 1.12. The highest BCUT2D eigenvalue weighted by Crippen LogP contribution is 2.28. The summed E-state index contributed by atoms with van der Waals surface area (Å²) in [4.78, 5) is 16.8. The van der Waals surface area contributed by atoms with Gasteiger partial charge in [0.15, 0.2) is 32.3 Å². The Morgan fingerprint density at radius 2 is 1.97 bits per heavy atom. The summed E-state index contributed by atoms with van der Waals surface area (Å²) < 4.78 is 61.2. The minimum Gasteiger partial charge on any atom is -0.483 e. The lowest BCUT2D eigenvalue weighted by Crippen LogP contribution is -2.10. The van der Waals surface area contributed by atoms with Crippen molar-refractivity contribution < 1.29 is 31.1 Å². The second-order valence-electron chi connectivity index (χ2n) is 6.50. The van der Waals surface area contributed by atoms with Crippen molar-refractivity contribution in [1.29, 1.82) is 0 Å². The first-order valence-electron chi connectivity index (χ1n) is 8.77. The molecule has 2 aromatic carbocycles. The quantitative estimate of drug-likeness (QED) is 0.454. The van der Waals surface area contributed by atoms with E-state index in [-0.39, 0.29) is 33.9 Å². The lowest BCUT2D eigenvalue weighted by molar-refractivity contribution is 0.0992. The van der Waals surface area contributed by atoms with E-state index in [2.05, 4.69) is 10.3 Å². The number of rotatable bonds is 6. The number of halogens is 2. The Kier molecular flexibility index (Phi) is 5.46. The van der Waals surface area contributed by atoms with Crippen molar-refractivity contribution in [3.63, 3.8) is 0 Å². The molecule has 4 aromatic rings. The Bertz CT molecular complexity index is 1400. The van der Waals surface area contributed by atoms with Crippen LogP contribution in [-0.4, -0.2) is 25.6 Å². The number of amides is 1. The Hall–Kier alpha value is -3.31. The summed E-state index contributed by atoms with van der Waals surface area (Å²) in [6.07, 6.45) is 1.11. The highest BCUT2D eigenvalue weighted by atomic mass is 32.2. The molecule has 0 spiro atoms. The van der Waals surface area contributed by atoms with Gasteiger partial charge in [0.1, 0.15) is 18.2 Å². The first-order valence-corrected chi connectivity index (χ1v) is 11.5. The van der Waals surface area contributed by atoms with Crippen LogP contribution < -0.4 is 10.1 Å². The van der Waals surface area contributed by atoms with E-state index in [9.17, 15) is 22.0 Å². The van der Waals surface area contributed by atoms with Crippen molar-refractivity contribution in [1.82, 2.24) is 4.98 Å². The molecule has 7 nitrogen and oxygen atoms in total. The van der Waals surface area contributed by atoms with E-state index in [1.165, 1.54) is 24.3 Å². The fraction of sp³-hybridized carbons (Fsp3) is 0.100. The van der Waals surface area contributed by atoms with Gasteiger partial charge in [-0.2, -0.15) is 0 Å². The molecule has 0 aliphatic heterocycles. The number of thiazole rings is 1. The molecule has 1 N–H and O–H groups in total. The zero-order chi connectivity index (χ0) is 22.2. The summed E-state index contributed by atoms with van der Waals surface area (Å²) in [5, 5.41) is 2.86. The Morgan fingerprint density at radius 1 is 1.16 bits per heavy atom. The van der Waals surface area contributed by atoms with Crippen LogP contribution in [0.15, 0.2) is 57.8 Å². The number of hydrogen-bond donors (Lipinski definition) is 1. The number of nitrogens with one attached hydrogen (secondary N) is 1. The Balaban J connectivity index is 1.44. The van der Waals surface area contributed by atoms with Crippen molar-refractivity contribution in [3.05, 3.63) is 71.7 Å². The van der Waals surface area contributed by atoms with Gasteiger partial charge in [0.25, 0.3) is 5.91 Å². The van der Waals surface area contributed by atoms with Gasteiger partial charge in [-0.05, 0) is 42.5 Å². The summed E-state index contributed by atoms with van der Waals surface area (Å²) in [5.74, 6) is -2.04. The van der Waals surface area contributed by atoms with Crippen LogP contribution in [0, 0.1) is 11.6 Å². The first-order chi connectivity index (χ1) is 14.7. The zero-order valence-corrected chi connectivity index (χ0v) is 17.5. The van der Waals surface area contributed by atoms with Gasteiger partial charge < -0.3 is 9.15 Å². The van der Waals surface area contributed by atoms with Gasteiger partial charge in [0, 0.05) is 12.3 Å². The number of hydrogen-bond acceptors (Lipinski definition) is 7. The number of furan rings is 1. The number of nitrogens with zero attached hydrogens (tertiary/aromatic N) is 1. The van der Waals surface area contributed by atoms with Crippen LogP contribution >= 0.6 is 11.3 Å². The molecule has 0 bridgehead atoms. The molecule has 1 amide bonds. The lowest BCUT2D eigenvalue weighted by atomic mass is 10.3. The number of fused-ring (bicyclic) bond motifs is 1. The SMILES string of the molecule is CS(=O)(=O)c1ccc2nc(NC(=O)c3ccc(COc4ccc(F)cc4F)o3)sc2c1. The molecule has 4 rings (SSSR count). The highest BCUT2D eigenvalue weighted by Gasteiger charge is 2.16. The Labute approximate surface area is 179 Å². The average molecular weight is 464 g/mol. The van der Waals surface area contributed by atoms with Crippen LogP contribution in [-0.2, 0) is 16.4 Å². The van der Waals surface area contributed by atoms with Crippen molar-refractivity contribution in [3.8, 4) is 5.75 Å². The average Bonchev–Trinajstić information content (AvgIpc) is 3.32. The number of benzene rings is 2. The van der Waals surface area contributed by atoms with Gasteiger partial charge >= 0.3 is 0 Å². The van der Waals surface area contributed by atoms with Crippen LogP contribution in [0.5, 0.6) is 5.75 Å². The monoisotopic (exact) mass is 464 g/mol. The molecule has 31 heavy (non-hydrogen) atoms. The third kappa shape index (κ3) is 4.72. The van der Waals surface area contributed by atoms with Gasteiger partial charge in [-0.1, -0.05) is 11.3 Å². The largest absolute Gasteiger partial charge is 0.483 e. The standard InChI is InChI=1S/C20H14F2N2O5S2/c1-31(26,27)13-4-5-15-18(9-13)30-20(23-15)24-19(25)17-7-3-12(29-17)10-28-16-6-2-11(21)8-14(16)22/h2-9H,10H2,1H3,(H,23,24,25). The number of carbonyl (C=O) groups excluding carboxylic acids is 1. The lowest BCUT2D eigenvalue weighted by Gasteiger charge is -2.05. The molecule has 0 radical (unpaired) electrons. The van der Waals surface area contributed by atoms with Crippen molar-refractivity contribution >= 4 is 42.4 Å². The number of anilines is 1. The third-order valence-corrected chi connectivity index (χ3v) is 6.20. The second kappa shape index (κ2) is 8.08. The van der Waals surface area contributed by atoms with E-state index in [0.717, 1.165) is 29.7 Å². The van der Waals surface area contributed by atoms with Gasteiger partial charge in [-0.25, -0.2) is 22.2 Å². The number of sulfone groups is 1. The second-order valence-corrected chi connectivity index (χ2v) is 9.55. The molecule has 2 heterocycles. The van der Waals surface area contributed by atoms with E-state index >= 15 is 0 Å². The van der Waals surface area contributed by atoms with Crippen molar-refractivity contribution in [2.24, 2.45) is 0 Å². The maximum atomic E-state index is 13.6. The molecule has 0 aliphatic carbocycles. The van der Waals surface area contributed by atoms with Crippen LogP contribution in [0.1, 0.15) is 16.3 Å². The Morgan fingerprint density at radius 3 is 2.71 bits per heavy atom. The summed E-state index contributed by atoms with van der Waals surface area (Å²) in [7, 11) is -3.36. The molecular weight excluding hydrogens is 450 g/mol. The molecule has 2 aromatic heterocycles. The van der Waals surface area contributed by atoms with Crippen LogP contribution in [0.4, 0.5) is 13.9 Å². The maximum absolute atomic E-state index is 13.6. The summed E-state index contributed by atoms with van der Waals surface area (Å²) in [6, 6.07) is 10.3. The van der Waals surface area contributed by atoms with E-state index in [1.807, 2.05) is 0 Å². The van der Waals surface area contributed by atoms with E-state index < -0.39 is 27.4 Å². The fourth-order valence-corrected chi connectivity index (χ4v) is 4.29. The fourth-order valence-electron chi connectivity index (χ4n) is 2.67. The number of ether oxygens (including phenoxy) is 1. The maximum Gasteiger partial charge on any atom is 0.293 e. The van der Waals surface area contributed by atoms with Gasteiger partial charge in [-0.15, -0.1) is 0 Å². The van der Waals surface area contributed by atoms with Crippen molar-refractivity contribution in [2.75, 3.05) is 11.6 Å². The minimum atomic E-state index is -3.36. The van der Waals surface area contributed by atoms with Gasteiger partial charge in [0.2, 0.25) is 0 Å². The molecule has 0 fully saturated rings. The molecule has 0 atom stereocenters. The van der Waals surface area contributed by atoms with Crippen molar-refractivity contribution in [2.45, 2.75) is 11.5 Å². The van der Waals surface area contributed by atoms with Crippen LogP contribution in [0.2, 0.25) is 0 Å². The summed E-state index contributed by atoms with van der Waals surface area (Å²) in [6.45, 7) is -0.161. The summed E-state index contributed by atoms with van der Waals surface area (Å²) in [5.41, 5.74) is 0.544. The zero-order valence-electron chi connectivity index (χ0n) is 15.9. The van der Waals surface area contributed by atoms with Crippen LogP contribution in [0.3, 0.4) is 0 Å². The van der Waals surface area contributed by atoms with Gasteiger partial charge in [0.05, 0.1) is 15.1 Å². The van der Waals surface area contributed by atoms with Crippen LogP contribution in [0.25, 0.3) is 10.2 Å². The molecule has 0 saturated heterocycles. The third-order valence-electron chi connectivity index (χ3n) is 4.16. The van der Waals surface area contributed by atoms with E-state index in [4.69, 9.17) is 9.15 Å². The molecule has 0 saturated carbocycles. The normalized spacial score (nSPS) is 11.6. The minimum absolute atomic E-state index is 0.0192. The number of carbonyl (C=O) groups is 1. The first kappa shape index (κ1) is 20.9. The predicted molar refractivity (Wildman–Crippen MR) is 110 cm³/mol. The molecule has 0 aliphatic rings. The van der Waals surface area contributed by atoms with E-state index in [0.29, 0.717) is 16.3 Å². The number of aromatic nitrogens is 1. The predicted octanol–water partition coefficient (Wildman–Crippen LogP) is 4.40. The smallest absolute Gasteiger partial charge is 0.293 e. The van der Waals surface area contributed by atoms with E-state index in [1.54, 1.807) is 6.07 Å². The molecule has 160 valence electrons. The highest BCUT2D eigenvalue weighted by molar-refractivity contribution is 7.90. The van der Waals surface area contributed by atoms with Gasteiger partial charge in [-0.3, -0.25) is 10.1 Å². The molecule has 0 unspecified atom stereocenters.